The van der Waals surface area contributed by atoms with Gasteiger partial charge in [0.1, 0.15) is 5.82 Å². The molecule has 0 amide bonds. The largest absolute Gasteiger partial charge is 0.341 e. The normalized spacial score (nSPS) is 22.9. The number of rotatable bonds is 5. The van der Waals surface area contributed by atoms with E-state index in [0.29, 0.717) is 12.5 Å². The van der Waals surface area contributed by atoms with E-state index in [1.807, 2.05) is 10.8 Å². The second kappa shape index (κ2) is 6.59. The minimum atomic E-state index is 0.142. The Hall–Kier alpha value is -2.40. The van der Waals surface area contributed by atoms with Crippen LogP contribution in [0.3, 0.4) is 0 Å². The topological polar surface area (TPSA) is 34.0 Å². The molecule has 1 fully saturated rings. The number of allylic oxidation sites excluding steroid dienone is 1. The van der Waals surface area contributed by atoms with Gasteiger partial charge >= 0.3 is 0 Å². The number of anilines is 2. The smallest absolute Gasteiger partial charge is 0.181 e. The Kier molecular flexibility index (Phi) is 4.16. The van der Waals surface area contributed by atoms with Gasteiger partial charge in [0.15, 0.2) is 5.82 Å². The molecule has 4 nitrogen and oxygen atoms in total. The van der Waals surface area contributed by atoms with Crippen molar-refractivity contribution in [2.75, 3.05) is 11.4 Å². The summed E-state index contributed by atoms with van der Waals surface area (Å²) < 4.78 is 2.13. The Morgan fingerprint density at radius 3 is 2.68 bits per heavy atom. The van der Waals surface area contributed by atoms with Crippen LogP contribution in [0, 0.1) is 0 Å². The van der Waals surface area contributed by atoms with E-state index >= 15 is 0 Å². The molecule has 0 bridgehead atoms. The van der Waals surface area contributed by atoms with Crippen LogP contribution in [0.15, 0.2) is 61.2 Å². The van der Waals surface area contributed by atoms with Crippen LogP contribution in [-0.4, -0.2) is 25.6 Å². The molecule has 2 aromatic carbocycles. The fourth-order valence-corrected chi connectivity index (χ4v) is 4.62. The first-order chi connectivity index (χ1) is 13.6. The van der Waals surface area contributed by atoms with Crippen LogP contribution in [-0.2, 0) is 13.0 Å². The van der Waals surface area contributed by atoms with Crippen molar-refractivity contribution in [2.24, 2.45) is 0 Å². The number of nitrogens with zero attached hydrogens (tertiary/aromatic N) is 4. The molecule has 1 aliphatic carbocycles. The third-order valence-corrected chi connectivity index (χ3v) is 6.68. The fourth-order valence-electron chi connectivity index (χ4n) is 4.09. The maximum Gasteiger partial charge on any atom is 0.181 e. The summed E-state index contributed by atoms with van der Waals surface area (Å²) in [6, 6.07) is 17.3. The first-order valence-electron chi connectivity index (χ1n) is 9.77. The van der Waals surface area contributed by atoms with Gasteiger partial charge in [-0.3, -0.25) is 0 Å². The van der Waals surface area contributed by atoms with E-state index in [1.54, 1.807) is 0 Å². The quantitative estimate of drug-likeness (QED) is 0.394. The summed E-state index contributed by atoms with van der Waals surface area (Å²) in [5.74, 6) is 2.25. The molecule has 142 valence electrons. The zero-order valence-electron chi connectivity index (χ0n) is 16.0. The summed E-state index contributed by atoms with van der Waals surface area (Å²) in [5.41, 5.74) is 5.01. The molecule has 5 rings (SSSR count). The van der Waals surface area contributed by atoms with Crippen molar-refractivity contribution in [1.82, 2.24) is 14.8 Å². The van der Waals surface area contributed by atoms with Crippen LogP contribution in [0.1, 0.15) is 30.7 Å². The molecule has 2 atom stereocenters. The van der Waals surface area contributed by atoms with Gasteiger partial charge in [-0.05, 0) is 55.7 Å². The van der Waals surface area contributed by atoms with E-state index in [9.17, 15) is 0 Å². The zero-order chi connectivity index (χ0) is 19.3. The van der Waals surface area contributed by atoms with E-state index in [1.165, 1.54) is 16.9 Å². The minimum Gasteiger partial charge on any atom is -0.341 e. The highest BCUT2D eigenvalue weighted by molar-refractivity contribution is 9.10. The maximum absolute atomic E-state index is 4.88. The lowest BCUT2D eigenvalue weighted by atomic mass is 10.1. The standard InChI is InChI=1S/C23H23BrN4/c1-3-13-28-22(19-15-23(19,2)24)25-21(26-28)17-8-10-18(11-9-17)27-14-12-16-6-4-5-7-20(16)27/h3-11,19H,1,12-15H2,2H3. The van der Waals surface area contributed by atoms with Crippen molar-refractivity contribution in [2.45, 2.75) is 36.6 Å². The number of benzene rings is 2. The Morgan fingerprint density at radius 2 is 1.96 bits per heavy atom. The van der Waals surface area contributed by atoms with Gasteiger partial charge in [-0.25, -0.2) is 9.67 Å². The number of alkyl halides is 1. The van der Waals surface area contributed by atoms with Gasteiger partial charge in [-0.15, -0.1) is 6.58 Å². The van der Waals surface area contributed by atoms with Gasteiger partial charge in [-0.1, -0.05) is 40.2 Å². The third-order valence-electron chi connectivity index (χ3n) is 5.81. The molecule has 1 saturated carbocycles. The van der Waals surface area contributed by atoms with Gasteiger partial charge < -0.3 is 4.90 Å². The van der Waals surface area contributed by atoms with Crippen molar-refractivity contribution in [1.29, 1.82) is 0 Å². The maximum atomic E-state index is 4.88. The average molecular weight is 435 g/mol. The molecule has 1 aromatic heterocycles. The van der Waals surface area contributed by atoms with Crippen molar-refractivity contribution in [3.8, 4) is 11.4 Å². The number of hydrogen-bond acceptors (Lipinski definition) is 3. The van der Waals surface area contributed by atoms with E-state index in [0.717, 1.165) is 36.6 Å². The molecule has 0 N–H and O–H groups in total. The lowest BCUT2D eigenvalue weighted by molar-refractivity contribution is 0.647. The summed E-state index contributed by atoms with van der Waals surface area (Å²) in [6.07, 6.45) is 4.07. The van der Waals surface area contributed by atoms with E-state index in [-0.39, 0.29) is 4.32 Å². The average Bonchev–Trinajstić information content (AvgIpc) is 3.04. The molecule has 0 spiro atoms. The number of fused-ring (bicyclic) bond motifs is 1. The lowest BCUT2D eigenvalue weighted by Gasteiger charge is -2.19. The van der Waals surface area contributed by atoms with Gasteiger partial charge in [0.05, 0.1) is 6.54 Å². The van der Waals surface area contributed by atoms with Gasteiger partial charge in [0.2, 0.25) is 0 Å². The number of aromatic nitrogens is 3. The molecule has 5 heteroatoms. The molecule has 2 aliphatic rings. The van der Waals surface area contributed by atoms with E-state index < -0.39 is 0 Å². The molecule has 3 aromatic rings. The van der Waals surface area contributed by atoms with Gasteiger partial charge in [-0.2, -0.15) is 5.10 Å². The number of para-hydroxylation sites is 1. The Morgan fingerprint density at radius 1 is 1.21 bits per heavy atom. The van der Waals surface area contributed by atoms with Crippen molar-refractivity contribution in [3.05, 3.63) is 72.6 Å². The van der Waals surface area contributed by atoms with Crippen LogP contribution in [0.4, 0.5) is 11.4 Å². The van der Waals surface area contributed by atoms with Crippen LogP contribution in [0.2, 0.25) is 0 Å². The summed E-state index contributed by atoms with van der Waals surface area (Å²) in [6.45, 7) is 7.79. The third kappa shape index (κ3) is 2.98. The second-order valence-electron chi connectivity index (χ2n) is 7.88. The number of halogens is 1. The van der Waals surface area contributed by atoms with E-state index in [4.69, 9.17) is 10.1 Å². The van der Waals surface area contributed by atoms with Crippen LogP contribution in [0.25, 0.3) is 11.4 Å². The van der Waals surface area contributed by atoms with Crippen molar-refractivity contribution < 1.29 is 0 Å². The zero-order valence-corrected chi connectivity index (χ0v) is 17.6. The van der Waals surface area contributed by atoms with E-state index in [2.05, 4.69) is 82.9 Å². The van der Waals surface area contributed by atoms with Crippen LogP contribution >= 0.6 is 15.9 Å². The number of hydrogen-bond donors (Lipinski definition) is 0. The summed E-state index contributed by atoms with van der Waals surface area (Å²) in [5, 5.41) is 4.76. The van der Waals surface area contributed by atoms with Gasteiger partial charge in [0.25, 0.3) is 0 Å². The predicted molar refractivity (Wildman–Crippen MR) is 117 cm³/mol. The van der Waals surface area contributed by atoms with Gasteiger partial charge in [0, 0.05) is 33.7 Å². The van der Waals surface area contributed by atoms with Crippen LogP contribution in [0.5, 0.6) is 0 Å². The first kappa shape index (κ1) is 17.7. The Balaban J connectivity index is 1.44. The molecular weight excluding hydrogens is 412 g/mol. The molecular formula is C23H23BrN4. The molecule has 2 heterocycles. The molecule has 0 saturated heterocycles. The lowest BCUT2D eigenvalue weighted by Crippen LogP contribution is -2.12. The SMILES string of the molecule is C=CCn1nc(-c2ccc(N3CCc4ccccc43)cc2)nc1C1CC1(C)Br. The monoisotopic (exact) mass is 434 g/mol. The highest BCUT2D eigenvalue weighted by Gasteiger charge is 2.51. The summed E-state index contributed by atoms with van der Waals surface area (Å²) in [7, 11) is 0. The highest BCUT2D eigenvalue weighted by Crippen LogP contribution is 2.57. The summed E-state index contributed by atoms with van der Waals surface area (Å²) >= 11 is 3.79. The minimum absolute atomic E-state index is 0.142. The molecule has 28 heavy (non-hydrogen) atoms. The van der Waals surface area contributed by atoms with Crippen molar-refractivity contribution in [3.63, 3.8) is 0 Å². The van der Waals surface area contributed by atoms with Crippen molar-refractivity contribution >= 4 is 27.3 Å². The summed E-state index contributed by atoms with van der Waals surface area (Å²) in [4.78, 5) is 7.26. The van der Waals surface area contributed by atoms with Crippen LogP contribution < -0.4 is 4.90 Å². The molecule has 0 radical (unpaired) electrons. The Labute approximate surface area is 174 Å². The fraction of sp³-hybridized carbons (Fsp3) is 0.304. The first-order valence-corrected chi connectivity index (χ1v) is 10.6. The molecule has 2 unspecified atom stereocenters. The highest BCUT2D eigenvalue weighted by atomic mass is 79.9. The second-order valence-corrected chi connectivity index (χ2v) is 9.69. The molecule has 1 aliphatic heterocycles. The predicted octanol–water partition coefficient (Wildman–Crippen LogP) is 5.47. The Bertz CT molecular complexity index is 1040.